The molecule has 0 atom stereocenters. The van der Waals surface area contributed by atoms with Crippen LogP contribution in [0.15, 0.2) is 102 Å². The van der Waals surface area contributed by atoms with Crippen molar-refractivity contribution in [1.29, 1.82) is 0 Å². The summed E-state index contributed by atoms with van der Waals surface area (Å²) in [5, 5.41) is 12.8. The van der Waals surface area contributed by atoms with Gasteiger partial charge < -0.3 is 16.2 Å². The van der Waals surface area contributed by atoms with Gasteiger partial charge in [-0.2, -0.15) is 0 Å². The maximum atomic E-state index is 12.7. The van der Waals surface area contributed by atoms with Gasteiger partial charge in [0.15, 0.2) is 0 Å². The van der Waals surface area contributed by atoms with Gasteiger partial charge in [-0.25, -0.2) is 8.42 Å². The lowest BCUT2D eigenvalue weighted by Crippen LogP contribution is -2.15. The molecule has 0 aliphatic heterocycles. The van der Waals surface area contributed by atoms with Gasteiger partial charge in [0.1, 0.15) is 5.75 Å². The van der Waals surface area contributed by atoms with Crippen molar-refractivity contribution in [1.82, 2.24) is 0 Å². The summed E-state index contributed by atoms with van der Waals surface area (Å²) in [6.07, 6.45) is 0. The lowest BCUT2D eigenvalue weighted by molar-refractivity contribution is 0.0997. The van der Waals surface area contributed by atoms with Crippen LogP contribution in [-0.4, -0.2) is 25.3 Å². The van der Waals surface area contributed by atoms with Crippen LogP contribution in [0.1, 0.15) is 20.7 Å². The first-order chi connectivity index (χ1) is 16.7. The molecule has 8 nitrogen and oxygen atoms in total. The van der Waals surface area contributed by atoms with Gasteiger partial charge in [-0.05, 0) is 65.7 Å². The molecular formula is C26H21N3O5S. The third-order valence-corrected chi connectivity index (χ3v) is 6.58. The van der Waals surface area contributed by atoms with Crippen LogP contribution in [0, 0.1) is 0 Å². The van der Waals surface area contributed by atoms with Crippen molar-refractivity contribution >= 4 is 33.2 Å². The maximum absolute atomic E-state index is 12.7. The van der Waals surface area contributed by atoms with Crippen molar-refractivity contribution in [3.8, 4) is 16.9 Å². The second-order valence-electron chi connectivity index (χ2n) is 7.62. The van der Waals surface area contributed by atoms with Gasteiger partial charge in [-0.1, -0.05) is 42.5 Å². The number of carbonyl (C=O) groups is 2. The zero-order chi connectivity index (χ0) is 25.0. The Bertz CT molecular complexity index is 1480. The largest absolute Gasteiger partial charge is 0.506 e. The summed E-state index contributed by atoms with van der Waals surface area (Å²) in [4.78, 5) is 23.8. The van der Waals surface area contributed by atoms with Crippen molar-refractivity contribution in [2.75, 3.05) is 10.0 Å². The number of aromatic hydroxyl groups is 1. The van der Waals surface area contributed by atoms with E-state index in [2.05, 4.69) is 10.0 Å². The van der Waals surface area contributed by atoms with Crippen LogP contribution < -0.4 is 15.8 Å². The van der Waals surface area contributed by atoms with E-state index in [1.54, 1.807) is 12.1 Å². The number of primary amides is 1. The summed E-state index contributed by atoms with van der Waals surface area (Å²) >= 11 is 0. The third kappa shape index (κ3) is 5.48. The van der Waals surface area contributed by atoms with Gasteiger partial charge in [0.05, 0.1) is 10.6 Å². The van der Waals surface area contributed by atoms with Crippen LogP contribution >= 0.6 is 0 Å². The molecule has 0 unspecified atom stereocenters. The Morgan fingerprint density at radius 3 is 1.97 bits per heavy atom. The highest BCUT2D eigenvalue weighted by atomic mass is 32.2. The highest BCUT2D eigenvalue weighted by Crippen LogP contribution is 2.29. The number of hydrogen-bond acceptors (Lipinski definition) is 5. The molecular weight excluding hydrogens is 466 g/mol. The zero-order valence-electron chi connectivity index (χ0n) is 18.3. The van der Waals surface area contributed by atoms with Gasteiger partial charge in [0.25, 0.3) is 15.9 Å². The lowest BCUT2D eigenvalue weighted by atomic mass is 10.0. The van der Waals surface area contributed by atoms with Crippen LogP contribution in [-0.2, 0) is 10.0 Å². The minimum Gasteiger partial charge on any atom is -0.506 e. The van der Waals surface area contributed by atoms with Gasteiger partial charge in [-0.3, -0.25) is 14.3 Å². The molecule has 4 aromatic carbocycles. The molecule has 0 heterocycles. The second-order valence-corrected chi connectivity index (χ2v) is 9.31. The predicted octanol–water partition coefficient (Wildman–Crippen LogP) is 4.21. The quantitative estimate of drug-likeness (QED) is 0.228. The number of phenolic OH excluding ortho intramolecular Hbond substituents is 1. The molecule has 5 N–H and O–H groups in total. The van der Waals surface area contributed by atoms with Crippen LogP contribution in [0.3, 0.4) is 0 Å². The number of amides is 2. The van der Waals surface area contributed by atoms with E-state index in [-0.39, 0.29) is 27.6 Å². The van der Waals surface area contributed by atoms with Crippen molar-refractivity contribution in [3.05, 3.63) is 108 Å². The van der Waals surface area contributed by atoms with Crippen LogP contribution in [0.2, 0.25) is 0 Å². The number of rotatable bonds is 7. The van der Waals surface area contributed by atoms with E-state index < -0.39 is 21.8 Å². The molecule has 9 heteroatoms. The summed E-state index contributed by atoms with van der Waals surface area (Å²) in [5.41, 5.74) is 7.90. The molecule has 35 heavy (non-hydrogen) atoms. The average molecular weight is 488 g/mol. The van der Waals surface area contributed by atoms with E-state index in [1.807, 2.05) is 42.5 Å². The molecule has 0 saturated carbocycles. The van der Waals surface area contributed by atoms with E-state index in [0.717, 1.165) is 11.1 Å². The molecule has 2 amide bonds. The first-order valence-electron chi connectivity index (χ1n) is 10.5. The highest BCUT2D eigenvalue weighted by Gasteiger charge is 2.18. The van der Waals surface area contributed by atoms with Crippen LogP contribution in [0.4, 0.5) is 11.4 Å². The number of sulfonamides is 1. The molecule has 176 valence electrons. The van der Waals surface area contributed by atoms with Crippen LogP contribution in [0.5, 0.6) is 5.75 Å². The molecule has 4 aromatic rings. The number of hydrogen-bond donors (Lipinski definition) is 4. The Balaban J connectivity index is 1.50. The molecule has 0 aliphatic carbocycles. The monoisotopic (exact) mass is 487 g/mol. The lowest BCUT2D eigenvalue weighted by Gasteiger charge is -2.12. The van der Waals surface area contributed by atoms with E-state index >= 15 is 0 Å². The Hall–Kier alpha value is -4.63. The summed E-state index contributed by atoms with van der Waals surface area (Å²) in [7, 11) is -4.08. The summed E-state index contributed by atoms with van der Waals surface area (Å²) in [6.45, 7) is 0. The Morgan fingerprint density at radius 2 is 1.34 bits per heavy atom. The van der Waals surface area contributed by atoms with Crippen LogP contribution in [0.25, 0.3) is 11.1 Å². The van der Waals surface area contributed by atoms with E-state index in [0.29, 0.717) is 5.56 Å². The highest BCUT2D eigenvalue weighted by molar-refractivity contribution is 7.92. The predicted molar refractivity (Wildman–Crippen MR) is 134 cm³/mol. The van der Waals surface area contributed by atoms with E-state index in [4.69, 9.17) is 5.73 Å². The molecule has 0 aliphatic rings. The van der Waals surface area contributed by atoms with Gasteiger partial charge >= 0.3 is 0 Å². The van der Waals surface area contributed by atoms with Crippen molar-refractivity contribution in [3.63, 3.8) is 0 Å². The minimum atomic E-state index is -4.08. The molecule has 4 rings (SSSR count). The van der Waals surface area contributed by atoms with Gasteiger partial charge in [0.2, 0.25) is 5.91 Å². The topological polar surface area (TPSA) is 139 Å². The first-order valence-corrected chi connectivity index (χ1v) is 11.9. The molecule has 0 radical (unpaired) electrons. The zero-order valence-corrected chi connectivity index (χ0v) is 19.1. The SMILES string of the molecule is NC(=O)c1ccc(S(=O)(=O)Nc2cc(NC(=O)c3ccc(-c4ccccc4)cc3)ccc2O)cc1. The summed E-state index contributed by atoms with van der Waals surface area (Å²) in [6, 6.07) is 25.8. The summed E-state index contributed by atoms with van der Waals surface area (Å²) in [5.74, 6) is -1.41. The number of nitrogens with two attached hydrogens (primary N) is 1. The first kappa shape index (κ1) is 23.5. The molecule has 0 saturated heterocycles. The summed E-state index contributed by atoms with van der Waals surface area (Å²) < 4.78 is 27.7. The second kappa shape index (κ2) is 9.70. The normalized spacial score (nSPS) is 11.0. The average Bonchev–Trinajstić information content (AvgIpc) is 2.86. The fourth-order valence-electron chi connectivity index (χ4n) is 3.35. The van der Waals surface area contributed by atoms with Crippen molar-refractivity contribution in [2.24, 2.45) is 5.73 Å². The molecule has 0 aromatic heterocycles. The van der Waals surface area contributed by atoms with Crippen molar-refractivity contribution in [2.45, 2.75) is 4.90 Å². The molecule has 0 bridgehead atoms. The Morgan fingerprint density at radius 1 is 0.743 bits per heavy atom. The smallest absolute Gasteiger partial charge is 0.262 e. The third-order valence-electron chi connectivity index (χ3n) is 5.20. The Labute approximate surface area is 202 Å². The molecule has 0 spiro atoms. The molecule has 0 fully saturated rings. The van der Waals surface area contributed by atoms with Crippen molar-refractivity contribution < 1.29 is 23.1 Å². The minimum absolute atomic E-state index is 0.124. The standard InChI is InChI=1S/C26H21N3O5S/c27-25(31)19-10-13-22(14-11-19)35(33,34)29-23-16-21(12-15-24(23)30)28-26(32)20-8-6-18(7-9-20)17-4-2-1-3-5-17/h1-16,29-30H,(H2,27,31)(H,28,32). The number of carbonyl (C=O) groups excluding carboxylic acids is 2. The number of phenols is 1. The number of nitrogens with one attached hydrogen (secondary N) is 2. The number of anilines is 2. The Kier molecular flexibility index (Phi) is 6.52. The maximum Gasteiger partial charge on any atom is 0.262 e. The van der Waals surface area contributed by atoms with Gasteiger partial charge in [-0.15, -0.1) is 0 Å². The van der Waals surface area contributed by atoms with E-state index in [1.165, 1.54) is 42.5 Å². The number of benzene rings is 4. The van der Waals surface area contributed by atoms with E-state index in [9.17, 15) is 23.1 Å². The fraction of sp³-hybridized carbons (Fsp3) is 0. The fourth-order valence-corrected chi connectivity index (χ4v) is 4.41. The van der Waals surface area contributed by atoms with Gasteiger partial charge in [0, 0.05) is 16.8 Å².